The van der Waals surface area contributed by atoms with Crippen LogP contribution in [0.25, 0.3) is 5.65 Å². The Bertz CT molecular complexity index is 1240. The predicted molar refractivity (Wildman–Crippen MR) is 138 cm³/mol. The number of benzene rings is 1. The van der Waals surface area contributed by atoms with Crippen molar-refractivity contribution in [3.63, 3.8) is 0 Å². The lowest BCUT2D eigenvalue weighted by Crippen LogP contribution is -2.47. The Balaban J connectivity index is 1.81. The van der Waals surface area contributed by atoms with E-state index in [0.717, 1.165) is 10.5 Å². The van der Waals surface area contributed by atoms with Gasteiger partial charge in [0.2, 0.25) is 0 Å². The first kappa shape index (κ1) is 28.7. The number of carbonyl (C=O) groups excluding carboxylic acids is 3. The Morgan fingerprint density at radius 1 is 1.08 bits per heavy atom. The fraction of sp³-hybridized carbons (Fsp3) is 0.423. The number of ether oxygens (including phenoxy) is 3. The lowest BCUT2D eigenvalue weighted by atomic mass is 10.0. The second kappa shape index (κ2) is 13.1. The summed E-state index contributed by atoms with van der Waals surface area (Å²) >= 11 is 0. The summed E-state index contributed by atoms with van der Waals surface area (Å²) in [5, 5.41) is 11.8. The number of amides is 1. The summed E-state index contributed by atoms with van der Waals surface area (Å²) in [7, 11) is 2.68. The van der Waals surface area contributed by atoms with Gasteiger partial charge in [-0.1, -0.05) is 36.4 Å². The summed E-state index contributed by atoms with van der Waals surface area (Å²) < 4.78 is 17.7. The first-order chi connectivity index (χ1) is 18.1. The SMILES string of the molecule is COC(=O)CN(C)C(=O)OCc1cccc2nnc([C@@H](COCc3ccccc3)NCC(=O)C(C)(C)N)n12. The molecule has 0 radical (unpaired) electrons. The molecule has 1 amide bonds. The van der Waals surface area contributed by atoms with Gasteiger partial charge in [-0.15, -0.1) is 10.2 Å². The summed E-state index contributed by atoms with van der Waals surface area (Å²) in [6, 6.07) is 14.5. The fourth-order valence-corrected chi connectivity index (χ4v) is 3.48. The second-order valence-electron chi connectivity index (χ2n) is 9.33. The van der Waals surface area contributed by atoms with Gasteiger partial charge in [0.25, 0.3) is 0 Å². The van der Waals surface area contributed by atoms with Crippen molar-refractivity contribution >= 4 is 23.5 Å². The van der Waals surface area contributed by atoms with Gasteiger partial charge in [-0.05, 0) is 31.5 Å². The number of hydrogen-bond donors (Lipinski definition) is 2. The molecule has 12 nitrogen and oxygen atoms in total. The van der Waals surface area contributed by atoms with E-state index in [1.807, 2.05) is 30.3 Å². The molecule has 0 aliphatic rings. The van der Waals surface area contributed by atoms with E-state index in [1.54, 1.807) is 36.4 Å². The van der Waals surface area contributed by atoms with Crippen molar-refractivity contribution in [1.29, 1.82) is 0 Å². The number of nitrogens with two attached hydrogens (primary N) is 1. The Kier molecular flexibility index (Phi) is 9.88. The topological polar surface area (TPSA) is 150 Å². The molecule has 2 heterocycles. The fourth-order valence-electron chi connectivity index (χ4n) is 3.48. The highest BCUT2D eigenvalue weighted by Gasteiger charge is 2.26. The van der Waals surface area contributed by atoms with Crippen LogP contribution in [0.5, 0.6) is 0 Å². The molecule has 2 aromatic heterocycles. The van der Waals surface area contributed by atoms with E-state index in [4.69, 9.17) is 15.2 Å². The Hall–Kier alpha value is -3.87. The van der Waals surface area contributed by atoms with Gasteiger partial charge < -0.3 is 24.8 Å². The number of pyridine rings is 1. The number of nitrogens with one attached hydrogen (secondary N) is 1. The third kappa shape index (κ3) is 7.81. The van der Waals surface area contributed by atoms with Crippen LogP contribution in [-0.2, 0) is 37.0 Å². The quantitative estimate of drug-likeness (QED) is 0.315. The molecular weight excluding hydrogens is 492 g/mol. The minimum atomic E-state index is -1.01. The molecule has 204 valence electrons. The van der Waals surface area contributed by atoms with Gasteiger partial charge in [0, 0.05) is 7.05 Å². The first-order valence-corrected chi connectivity index (χ1v) is 12.0. The summed E-state index contributed by atoms with van der Waals surface area (Å²) in [5.74, 6) is -0.264. The summed E-state index contributed by atoms with van der Waals surface area (Å²) in [6.07, 6.45) is -0.696. The number of esters is 1. The standard InChI is InChI=1S/C26H34N6O6/c1-26(2,27)21(33)13-28-20(17-37-15-18-9-6-5-7-10-18)24-30-29-22-12-8-11-19(32(22)24)16-38-25(35)31(3)14-23(34)36-4/h5-12,20,28H,13-17,27H2,1-4H3/t20-/m1/s1. The molecule has 0 bridgehead atoms. The van der Waals surface area contributed by atoms with Gasteiger partial charge in [-0.2, -0.15) is 0 Å². The van der Waals surface area contributed by atoms with Crippen LogP contribution in [0.15, 0.2) is 48.5 Å². The highest BCUT2D eigenvalue weighted by molar-refractivity contribution is 5.89. The molecule has 0 fully saturated rings. The summed E-state index contributed by atoms with van der Waals surface area (Å²) in [4.78, 5) is 37.5. The molecule has 3 N–H and O–H groups in total. The lowest BCUT2D eigenvalue weighted by molar-refractivity contribution is -0.141. The number of Topliss-reactive ketones (excluding diaryl/α,β-unsaturated/α-hetero) is 1. The van der Waals surface area contributed by atoms with Crippen molar-refractivity contribution in [2.24, 2.45) is 5.73 Å². The molecule has 3 rings (SSSR count). The number of hydrogen-bond acceptors (Lipinski definition) is 10. The maximum absolute atomic E-state index is 12.5. The summed E-state index contributed by atoms with van der Waals surface area (Å²) in [6.45, 7) is 3.48. The van der Waals surface area contributed by atoms with Crippen molar-refractivity contribution < 1.29 is 28.6 Å². The zero-order valence-corrected chi connectivity index (χ0v) is 22.0. The van der Waals surface area contributed by atoms with E-state index < -0.39 is 23.6 Å². The molecular formula is C26H34N6O6. The van der Waals surface area contributed by atoms with E-state index in [-0.39, 0.29) is 32.1 Å². The molecule has 0 unspecified atom stereocenters. The molecule has 12 heteroatoms. The van der Waals surface area contributed by atoms with Crippen molar-refractivity contribution in [2.75, 3.05) is 33.9 Å². The van der Waals surface area contributed by atoms with E-state index in [1.165, 1.54) is 14.2 Å². The van der Waals surface area contributed by atoms with Crippen molar-refractivity contribution in [3.05, 3.63) is 65.6 Å². The third-order valence-electron chi connectivity index (χ3n) is 5.72. The van der Waals surface area contributed by atoms with Crippen LogP contribution in [0.3, 0.4) is 0 Å². The number of fused-ring (bicyclic) bond motifs is 1. The molecule has 3 aromatic rings. The molecule has 0 saturated heterocycles. The monoisotopic (exact) mass is 526 g/mol. The number of methoxy groups -OCH3 is 1. The van der Waals surface area contributed by atoms with Crippen LogP contribution in [0.2, 0.25) is 0 Å². The Labute approximate surface area is 221 Å². The van der Waals surface area contributed by atoms with E-state index in [0.29, 0.717) is 23.8 Å². The highest BCUT2D eigenvalue weighted by atomic mass is 16.6. The van der Waals surface area contributed by atoms with Crippen LogP contribution < -0.4 is 11.1 Å². The van der Waals surface area contributed by atoms with E-state index >= 15 is 0 Å². The Morgan fingerprint density at radius 3 is 2.50 bits per heavy atom. The van der Waals surface area contributed by atoms with Crippen LogP contribution in [0, 0.1) is 0 Å². The van der Waals surface area contributed by atoms with Gasteiger partial charge in [-0.25, -0.2) is 4.79 Å². The maximum Gasteiger partial charge on any atom is 0.410 e. The molecule has 1 atom stereocenters. The molecule has 38 heavy (non-hydrogen) atoms. The largest absolute Gasteiger partial charge is 0.468 e. The van der Waals surface area contributed by atoms with Gasteiger partial charge in [0.1, 0.15) is 13.2 Å². The third-order valence-corrected chi connectivity index (χ3v) is 5.72. The van der Waals surface area contributed by atoms with Crippen LogP contribution in [-0.4, -0.2) is 76.7 Å². The van der Waals surface area contributed by atoms with Crippen LogP contribution in [0.1, 0.15) is 37.0 Å². The van der Waals surface area contributed by atoms with Gasteiger partial charge in [0.15, 0.2) is 17.3 Å². The van der Waals surface area contributed by atoms with E-state index in [9.17, 15) is 14.4 Å². The minimum absolute atomic E-state index is 0.00669. The number of aromatic nitrogens is 3. The average Bonchev–Trinajstić information content (AvgIpc) is 3.33. The number of likely N-dealkylation sites (N-methyl/N-ethyl adjacent to an activating group) is 1. The van der Waals surface area contributed by atoms with Gasteiger partial charge in [0.05, 0.1) is 44.1 Å². The van der Waals surface area contributed by atoms with Crippen molar-refractivity contribution in [1.82, 2.24) is 24.8 Å². The number of rotatable bonds is 13. The predicted octanol–water partition coefficient (Wildman–Crippen LogP) is 1.62. The van der Waals surface area contributed by atoms with Crippen molar-refractivity contribution in [2.45, 2.75) is 38.6 Å². The number of nitrogens with zero attached hydrogens (tertiary/aromatic N) is 4. The first-order valence-electron chi connectivity index (χ1n) is 12.0. The lowest BCUT2D eigenvalue weighted by Gasteiger charge is -2.22. The maximum atomic E-state index is 12.5. The molecule has 0 aliphatic carbocycles. The van der Waals surface area contributed by atoms with Gasteiger partial charge in [-0.3, -0.25) is 19.3 Å². The zero-order valence-electron chi connectivity index (χ0n) is 22.0. The minimum Gasteiger partial charge on any atom is -0.468 e. The molecule has 0 spiro atoms. The Morgan fingerprint density at radius 2 is 1.82 bits per heavy atom. The molecule has 0 aliphatic heterocycles. The van der Waals surface area contributed by atoms with E-state index in [2.05, 4.69) is 20.3 Å². The smallest absolute Gasteiger partial charge is 0.410 e. The zero-order chi connectivity index (χ0) is 27.7. The summed E-state index contributed by atoms with van der Waals surface area (Å²) in [5.41, 5.74) is 7.07. The van der Waals surface area contributed by atoms with Crippen LogP contribution in [0.4, 0.5) is 4.79 Å². The average molecular weight is 527 g/mol. The molecule has 1 aromatic carbocycles. The highest BCUT2D eigenvalue weighted by Crippen LogP contribution is 2.18. The molecule has 0 saturated carbocycles. The number of ketones is 1. The van der Waals surface area contributed by atoms with Gasteiger partial charge >= 0.3 is 12.1 Å². The normalized spacial score (nSPS) is 12.2. The van der Waals surface area contributed by atoms with Crippen LogP contribution >= 0.6 is 0 Å². The van der Waals surface area contributed by atoms with Crippen molar-refractivity contribution in [3.8, 4) is 0 Å². The number of carbonyl (C=O) groups is 3. The second-order valence-corrected chi connectivity index (χ2v) is 9.33.